The fourth-order valence-electron chi connectivity index (χ4n) is 1.80. The van der Waals surface area contributed by atoms with Gasteiger partial charge in [-0.1, -0.05) is 18.3 Å². The molecule has 0 aliphatic carbocycles. The molecule has 0 amide bonds. The minimum Gasteiger partial charge on any atom is -0.494 e. The zero-order valence-corrected chi connectivity index (χ0v) is 11.4. The molecular formula is C13H14N4OS. The Kier molecular flexibility index (Phi) is 3.08. The summed E-state index contributed by atoms with van der Waals surface area (Å²) in [6, 6.07) is 7.92. The number of imidazole rings is 1. The summed E-state index contributed by atoms with van der Waals surface area (Å²) in [5.74, 6) is 0.883. The zero-order valence-electron chi connectivity index (χ0n) is 10.5. The van der Waals surface area contributed by atoms with Crippen molar-refractivity contribution in [1.82, 2.24) is 14.6 Å². The molecule has 0 unspecified atom stereocenters. The second-order valence-electron chi connectivity index (χ2n) is 4.17. The summed E-state index contributed by atoms with van der Waals surface area (Å²) in [7, 11) is 0. The number of anilines is 1. The topological polar surface area (TPSA) is 65.4 Å². The number of aromatic nitrogens is 3. The van der Waals surface area contributed by atoms with E-state index < -0.39 is 0 Å². The quantitative estimate of drug-likeness (QED) is 0.794. The van der Waals surface area contributed by atoms with Gasteiger partial charge in [0.25, 0.3) is 0 Å². The smallest absolute Gasteiger partial charge is 0.214 e. The molecule has 0 fully saturated rings. The van der Waals surface area contributed by atoms with E-state index in [1.54, 1.807) is 4.52 Å². The molecule has 3 rings (SSSR count). The van der Waals surface area contributed by atoms with Crippen LogP contribution in [0.4, 0.5) is 5.13 Å². The van der Waals surface area contributed by atoms with Crippen molar-refractivity contribution in [2.45, 2.75) is 13.3 Å². The van der Waals surface area contributed by atoms with E-state index in [-0.39, 0.29) is 0 Å². The van der Waals surface area contributed by atoms with Crippen LogP contribution < -0.4 is 10.5 Å². The second-order valence-corrected chi connectivity index (χ2v) is 5.15. The molecular weight excluding hydrogens is 260 g/mol. The number of nitrogens with zero attached hydrogens (tertiary/aromatic N) is 3. The summed E-state index contributed by atoms with van der Waals surface area (Å²) >= 11 is 1.38. The first-order chi connectivity index (χ1) is 9.26. The summed E-state index contributed by atoms with van der Waals surface area (Å²) in [5.41, 5.74) is 7.55. The van der Waals surface area contributed by atoms with Crippen molar-refractivity contribution in [3.8, 4) is 17.0 Å². The molecule has 2 N–H and O–H groups in total. The average molecular weight is 274 g/mol. The fourth-order valence-corrected chi connectivity index (χ4v) is 2.44. The molecule has 0 spiro atoms. The van der Waals surface area contributed by atoms with Crippen LogP contribution in [-0.2, 0) is 0 Å². The Bertz CT molecular complexity index is 655. The van der Waals surface area contributed by atoms with Gasteiger partial charge in [-0.15, -0.1) is 5.10 Å². The number of fused-ring (bicyclic) bond motifs is 1. The lowest BCUT2D eigenvalue weighted by Gasteiger charge is -2.04. The maximum atomic E-state index is 5.62. The van der Waals surface area contributed by atoms with Crippen molar-refractivity contribution >= 4 is 21.4 Å². The highest BCUT2D eigenvalue weighted by Crippen LogP contribution is 2.24. The van der Waals surface area contributed by atoms with Crippen LogP contribution in [0, 0.1) is 0 Å². The monoisotopic (exact) mass is 274 g/mol. The molecule has 6 heteroatoms. The third-order valence-electron chi connectivity index (χ3n) is 2.68. The van der Waals surface area contributed by atoms with Crippen LogP contribution >= 0.6 is 11.3 Å². The molecule has 2 heterocycles. The van der Waals surface area contributed by atoms with E-state index in [9.17, 15) is 0 Å². The van der Waals surface area contributed by atoms with Gasteiger partial charge in [-0.05, 0) is 30.7 Å². The summed E-state index contributed by atoms with van der Waals surface area (Å²) in [4.78, 5) is 5.30. The van der Waals surface area contributed by atoms with Gasteiger partial charge < -0.3 is 10.5 Å². The van der Waals surface area contributed by atoms with Crippen LogP contribution in [0.2, 0.25) is 0 Å². The molecule has 0 saturated heterocycles. The van der Waals surface area contributed by atoms with Crippen LogP contribution in [-0.4, -0.2) is 21.2 Å². The number of hydrogen-bond donors (Lipinski definition) is 1. The first-order valence-corrected chi connectivity index (χ1v) is 6.93. The summed E-state index contributed by atoms with van der Waals surface area (Å²) in [6.07, 6.45) is 2.89. The fraction of sp³-hybridized carbons (Fsp3) is 0.231. The van der Waals surface area contributed by atoms with Crippen molar-refractivity contribution in [2.24, 2.45) is 0 Å². The van der Waals surface area contributed by atoms with E-state index >= 15 is 0 Å². The molecule has 5 nitrogen and oxygen atoms in total. The third kappa shape index (κ3) is 2.39. The maximum Gasteiger partial charge on any atom is 0.214 e. The number of ether oxygens (including phenoxy) is 1. The van der Waals surface area contributed by atoms with E-state index in [2.05, 4.69) is 17.0 Å². The second kappa shape index (κ2) is 4.89. The lowest BCUT2D eigenvalue weighted by molar-refractivity contribution is 0.317. The Labute approximate surface area is 114 Å². The Balaban J connectivity index is 1.86. The molecule has 19 heavy (non-hydrogen) atoms. The highest BCUT2D eigenvalue weighted by molar-refractivity contribution is 7.20. The molecule has 0 saturated carbocycles. The summed E-state index contributed by atoms with van der Waals surface area (Å²) in [6.45, 7) is 2.83. The number of rotatable bonds is 4. The first kappa shape index (κ1) is 12.0. The van der Waals surface area contributed by atoms with Gasteiger partial charge >= 0.3 is 0 Å². The standard InChI is InChI=1S/C13H14N4OS/c1-2-7-18-10-5-3-9(4-6-10)11-8-17-13(15-11)19-12(14)16-17/h3-6,8H,2,7H2,1H3,(H2,14,16). The van der Waals surface area contributed by atoms with E-state index in [1.165, 1.54) is 11.3 Å². The highest BCUT2D eigenvalue weighted by atomic mass is 32.1. The maximum absolute atomic E-state index is 5.62. The van der Waals surface area contributed by atoms with Crippen molar-refractivity contribution < 1.29 is 4.74 Å². The van der Waals surface area contributed by atoms with Crippen LogP contribution in [0.25, 0.3) is 16.2 Å². The normalized spacial score (nSPS) is 11.0. The molecule has 0 aliphatic rings. The van der Waals surface area contributed by atoms with Gasteiger partial charge in [0.2, 0.25) is 10.1 Å². The van der Waals surface area contributed by atoms with Crippen molar-refractivity contribution in [1.29, 1.82) is 0 Å². The van der Waals surface area contributed by atoms with Crippen LogP contribution in [0.15, 0.2) is 30.5 Å². The summed E-state index contributed by atoms with van der Waals surface area (Å²) in [5, 5.41) is 4.67. The molecule has 98 valence electrons. The van der Waals surface area contributed by atoms with Crippen LogP contribution in [0.3, 0.4) is 0 Å². The molecule has 2 aromatic heterocycles. The molecule has 0 bridgehead atoms. The molecule has 0 radical (unpaired) electrons. The van der Waals surface area contributed by atoms with E-state index in [0.29, 0.717) is 5.13 Å². The van der Waals surface area contributed by atoms with Gasteiger partial charge in [-0.2, -0.15) is 0 Å². The van der Waals surface area contributed by atoms with Gasteiger partial charge in [0.15, 0.2) is 0 Å². The van der Waals surface area contributed by atoms with E-state index in [4.69, 9.17) is 10.5 Å². The molecule has 1 aromatic carbocycles. The number of nitrogens with two attached hydrogens (primary N) is 1. The minimum absolute atomic E-state index is 0.525. The van der Waals surface area contributed by atoms with Crippen molar-refractivity contribution in [2.75, 3.05) is 12.3 Å². The van der Waals surface area contributed by atoms with Gasteiger partial charge in [-0.3, -0.25) is 0 Å². The Morgan fingerprint density at radius 3 is 2.79 bits per heavy atom. The van der Waals surface area contributed by atoms with Gasteiger partial charge in [-0.25, -0.2) is 9.50 Å². The zero-order chi connectivity index (χ0) is 13.2. The highest BCUT2D eigenvalue weighted by Gasteiger charge is 2.08. The van der Waals surface area contributed by atoms with E-state index in [0.717, 1.165) is 35.0 Å². The first-order valence-electron chi connectivity index (χ1n) is 6.11. The Morgan fingerprint density at radius 1 is 1.32 bits per heavy atom. The predicted molar refractivity (Wildman–Crippen MR) is 76.5 cm³/mol. The van der Waals surface area contributed by atoms with Crippen molar-refractivity contribution in [3.05, 3.63) is 30.5 Å². The van der Waals surface area contributed by atoms with Crippen LogP contribution in [0.1, 0.15) is 13.3 Å². The number of benzene rings is 1. The van der Waals surface area contributed by atoms with Crippen molar-refractivity contribution in [3.63, 3.8) is 0 Å². The van der Waals surface area contributed by atoms with E-state index in [1.807, 2.05) is 30.5 Å². The largest absolute Gasteiger partial charge is 0.494 e. The van der Waals surface area contributed by atoms with Crippen LogP contribution in [0.5, 0.6) is 5.75 Å². The lowest BCUT2D eigenvalue weighted by Crippen LogP contribution is -1.94. The predicted octanol–water partition coefficient (Wildman–Crippen LogP) is 2.83. The average Bonchev–Trinajstić information content (AvgIpc) is 2.94. The minimum atomic E-state index is 0.525. The number of hydrogen-bond acceptors (Lipinski definition) is 5. The molecule has 3 aromatic rings. The van der Waals surface area contributed by atoms with Gasteiger partial charge in [0.05, 0.1) is 18.5 Å². The lowest BCUT2D eigenvalue weighted by atomic mass is 10.2. The van der Waals surface area contributed by atoms with Gasteiger partial charge in [0.1, 0.15) is 5.75 Å². The Hall–Kier alpha value is -2.08. The summed E-state index contributed by atoms with van der Waals surface area (Å²) < 4.78 is 7.26. The SMILES string of the molecule is CCCOc1ccc(-c2cn3nc(N)sc3n2)cc1. The molecule has 0 aliphatic heterocycles. The Morgan fingerprint density at radius 2 is 2.11 bits per heavy atom. The number of nitrogen functional groups attached to an aromatic ring is 1. The van der Waals surface area contributed by atoms with Gasteiger partial charge in [0, 0.05) is 5.56 Å². The third-order valence-corrected chi connectivity index (χ3v) is 3.43. The molecule has 0 atom stereocenters.